The van der Waals surface area contributed by atoms with Crippen LogP contribution >= 0.6 is 7.60 Å². The number of nitrogens with one attached hydrogen (secondary N) is 1. The van der Waals surface area contributed by atoms with E-state index in [0.717, 1.165) is 0 Å². The molecule has 1 atom stereocenters. The van der Waals surface area contributed by atoms with E-state index in [1.165, 1.54) is 14.2 Å². The van der Waals surface area contributed by atoms with E-state index in [2.05, 4.69) is 24.4 Å². The van der Waals surface area contributed by atoms with E-state index < -0.39 is 13.7 Å². The number of carbonyl (C=O) groups is 1. The molecular formula is C8H18NO7P. The Hall–Kier alpha value is -0.660. The van der Waals surface area contributed by atoms with Gasteiger partial charge in [-0.2, -0.15) is 0 Å². The van der Waals surface area contributed by atoms with Gasteiger partial charge in [0.15, 0.2) is 0 Å². The molecule has 8 nitrogen and oxygen atoms in total. The van der Waals surface area contributed by atoms with Gasteiger partial charge in [0.2, 0.25) is 0 Å². The molecule has 0 bridgehead atoms. The van der Waals surface area contributed by atoms with Crippen LogP contribution < -0.4 is 5.32 Å². The molecule has 0 rings (SSSR count). The summed E-state index contributed by atoms with van der Waals surface area (Å²) in [5.41, 5.74) is 0. The van der Waals surface area contributed by atoms with Crippen LogP contribution in [0.4, 0.5) is 4.79 Å². The fraction of sp³-hybridized carbons (Fsp3) is 0.875. The highest BCUT2D eigenvalue weighted by atomic mass is 31.2. The minimum atomic E-state index is -3.44. The fourth-order valence-corrected chi connectivity index (χ4v) is 2.44. The maximum atomic E-state index is 11.8. The highest BCUT2D eigenvalue weighted by Crippen LogP contribution is 2.49. The number of rotatable bonds is 9. The Morgan fingerprint density at radius 1 is 1.35 bits per heavy atom. The molecule has 0 fully saturated rings. The Kier molecular flexibility index (Phi) is 8.11. The molecule has 17 heavy (non-hydrogen) atoms. The molecule has 102 valence electrons. The Morgan fingerprint density at radius 2 is 1.88 bits per heavy atom. The van der Waals surface area contributed by atoms with Crippen molar-refractivity contribution in [1.29, 1.82) is 0 Å². The molecule has 1 amide bonds. The highest BCUT2D eigenvalue weighted by molar-refractivity contribution is 7.53. The zero-order chi connectivity index (χ0) is 13.3. The molecule has 2 N–H and O–H groups in total. The Labute approximate surface area is 99.6 Å². The van der Waals surface area contributed by atoms with E-state index in [1.54, 1.807) is 6.92 Å². The van der Waals surface area contributed by atoms with Crippen molar-refractivity contribution in [1.82, 2.24) is 5.32 Å². The van der Waals surface area contributed by atoms with Crippen LogP contribution in [0.25, 0.3) is 0 Å². The maximum absolute atomic E-state index is 11.8. The molecule has 1 unspecified atom stereocenters. The number of amides is 1. The maximum Gasteiger partial charge on any atom is 0.404 e. The quantitative estimate of drug-likeness (QED) is 0.373. The summed E-state index contributed by atoms with van der Waals surface area (Å²) < 4.78 is 20.9. The van der Waals surface area contributed by atoms with E-state index in [4.69, 9.17) is 5.11 Å². The largest absolute Gasteiger partial charge is 0.465 e. The fourth-order valence-electron chi connectivity index (χ4n) is 1.06. The molecule has 0 radical (unpaired) electrons. The van der Waals surface area contributed by atoms with Gasteiger partial charge in [-0.15, -0.1) is 9.35 Å². The molecule has 0 aliphatic heterocycles. The van der Waals surface area contributed by atoms with Gasteiger partial charge in [-0.1, -0.05) is 6.92 Å². The monoisotopic (exact) mass is 271 g/mol. The number of hydrogen-bond donors (Lipinski definition) is 2. The minimum absolute atomic E-state index is 0.0136. The standard InChI is InChI=1S/C8H18NO7P/c1-7(6-9-8(10)11)4-5-17(12,15-13-2)16-14-3/h7,9H,4-6H2,1-3H3,(H,10,11). The van der Waals surface area contributed by atoms with Gasteiger partial charge < -0.3 is 10.4 Å². The number of hydrogen-bond acceptors (Lipinski definition) is 6. The van der Waals surface area contributed by atoms with Crippen molar-refractivity contribution < 1.29 is 33.6 Å². The summed E-state index contributed by atoms with van der Waals surface area (Å²) >= 11 is 0. The lowest BCUT2D eigenvalue weighted by Gasteiger charge is -2.16. The Balaban J connectivity index is 4.03. The van der Waals surface area contributed by atoms with E-state index in [-0.39, 0.29) is 18.6 Å². The molecule has 0 spiro atoms. The predicted molar refractivity (Wildman–Crippen MR) is 58.5 cm³/mol. The van der Waals surface area contributed by atoms with Gasteiger partial charge in [0.05, 0.1) is 20.4 Å². The van der Waals surface area contributed by atoms with Gasteiger partial charge in [0, 0.05) is 6.54 Å². The second-order valence-corrected chi connectivity index (χ2v) is 5.36. The third-order valence-electron chi connectivity index (χ3n) is 1.87. The third-order valence-corrected chi connectivity index (χ3v) is 3.43. The first-order chi connectivity index (χ1) is 7.93. The molecule has 0 aliphatic carbocycles. The van der Waals surface area contributed by atoms with Crippen molar-refractivity contribution in [2.45, 2.75) is 13.3 Å². The van der Waals surface area contributed by atoms with Gasteiger partial charge >= 0.3 is 13.7 Å². The molecular weight excluding hydrogens is 253 g/mol. The zero-order valence-corrected chi connectivity index (χ0v) is 10.9. The first-order valence-corrected chi connectivity index (χ1v) is 6.67. The summed E-state index contributed by atoms with van der Waals surface area (Å²) in [4.78, 5) is 18.9. The molecule has 0 heterocycles. The summed E-state index contributed by atoms with van der Waals surface area (Å²) in [5.74, 6) is -0.0136. The molecule has 0 aromatic carbocycles. The van der Waals surface area contributed by atoms with E-state index in [9.17, 15) is 9.36 Å². The zero-order valence-electron chi connectivity index (χ0n) is 10.0. The van der Waals surface area contributed by atoms with Crippen molar-refractivity contribution in [3.63, 3.8) is 0 Å². The molecule has 0 aliphatic rings. The van der Waals surface area contributed by atoms with Crippen molar-refractivity contribution in [2.24, 2.45) is 5.92 Å². The van der Waals surface area contributed by atoms with Gasteiger partial charge in [0.25, 0.3) is 0 Å². The van der Waals surface area contributed by atoms with Crippen LogP contribution in [0.2, 0.25) is 0 Å². The second kappa shape index (κ2) is 8.43. The van der Waals surface area contributed by atoms with Crippen LogP contribution in [0.3, 0.4) is 0 Å². The van der Waals surface area contributed by atoms with Crippen LogP contribution in [0, 0.1) is 5.92 Å². The average molecular weight is 271 g/mol. The second-order valence-electron chi connectivity index (χ2n) is 3.40. The lowest BCUT2D eigenvalue weighted by atomic mass is 10.1. The minimum Gasteiger partial charge on any atom is -0.465 e. The molecule has 0 aromatic heterocycles. The molecule has 0 saturated carbocycles. The summed E-state index contributed by atoms with van der Waals surface area (Å²) in [7, 11) is -1.02. The molecule has 0 aromatic rings. The van der Waals surface area contributed by atoms with Gasteiger partial charge in [-0.3, -0.25) is 4.57 Å². The summed E-state index contributed by atoms with van der Waals surface area (Å²) in [5, 5.41) is 10.6. The van der Waals surface area contributed by atoms with Crippen LogP contribution in [0.5, 0.6) is 0 Å². The van der Waals surface area contributed by atoms with Crippen molar-refractivity contribution >= 4 is 13.7 Å². The van der Waals surface area contributed by atoms with Gasteiger partial charge in [-0.05, 0) is 12.3 Å². The van der Waals surface area contributed by atoms with Crippen LogP contribution in [0.15, 0.2) is 0 Å². The van der Waals surface area contributed by atoms with Crippen LogP contribution in [0.1, 0.15) is 13.3 Å². The Morgan fingerprint density at radius 3 is 2.29 bits per heavy atom. The summed E-state index contributed by atoms with van der Waals surface area (Å²) in [6.45, 7) is 2.06. The smallest absolute Gasteiger partial charge is 0.404 e. The van der Waals surface area contributed by atoms with Crippen LogP contribution in [-0.4, -0.2) is 38.1 Å². The average Bonchev–Trinajstić information content (AvgIpc) is 2.24. The van der Waals surface area contributed by atoms with Crippen molar-refractivity contribution in [3.8, 4) is 0 Å². The van der Waals surface area contributed by atoms with E-state index in [0.29, 0.717) is 6.42 Å². The molecule has 0 saturated heterocycles. The third kappa shape index (κ3) is 8.12. The number of carboxylic acid groups (broad SMARTS) is 1. The first-order valence-electron chi connectivity index (χ1n) is 4.94. The summed E-state index contributed by atoms with van der Waals surface area (Å²) in [6.07, 6.45) is -0.595. The van der Waals surface area contributed by atoms with E-state index >= 15 is 0 Å². The normalized spacial score (nSPS) is 13.4. The predicted octanol–water partition coefficient (Wildman–Crippen LogP) is 1.63. The van der Waals surface area contributed by atoms with Crippen LogP contribution in [-0.2, 0) is 23.7 Å². The van der Waals surface area contributed by atoms with Crippen molar-refractivity contribution in [2.75, 3.05) is 26.9 Å². The van der Waals surface area contributed by atoms with Gasteiger partial charge in [0.1, 0.15) is 0 Å². The lowest BCUT2D eigenvalue weighted by molar-refractivity contribution is -0.242. The van der Waals surface area contributed by atoms with Crippen molar-refractivity contribution in [3.05, 3.63) is 0 Å². The lowest BCUT2D eigenvalue weighted by Crippen LogP contribution is -2.26. The first kappa shape index (κ1) is 16.3. The topological polar surface area (TPSA) is 103 Å². The van der Waals surface area contributed by atoms with Gasteiger partial charge in [-0.25, -0.2) is 14.6 Å². The highest BCUT2D eigenvalue weighted by Gasteiger charge is 2.27. The molecule has 9 heteroatoms. The summed E-state index contributed by atoms with van der Waals surface area (Å²) in [6, 6.07) is 0. The van der Waals surface area contributed by atoms with E-state index in [1.807, 2.05) is 0 Å². The SMILES string of the molecule is COOP(=O)(CCC(C)CNC(=O)O)OOC. The Bertz CT molecular complexity index is 263.